The highest BCUT2D eigenvalue weighted by molar-refractivity contribution is 5.59. The molecular weight excluding hydrogens is 386 g/mol. The van der Waals surface area contributed by atoms with Gasteiger partial charge in [-0.25, -0.2) is 4.68 Å². The summed E-state index contributed by atoms with van der Waals surface area (Å²) in [6.07, 6.45) is -0.139. The van der Waals surface area contributed by atoms with E-state index in [-0.39, 0.29) is 6.10 Å². The first kappa shape index (κ1) is 18.3. The molecule has 5 rings (SSSR count). The van der Waals surface area contributed by atoms with E-state index in [1.807, 2.05) is 53.2 Å². The number of benzene rings is 2. The molecule has 0 bridgehead atoms. The van der Waals surface area contributed by atoms with Crippen LogP contribution in [-0.2, 0) is 17.9 Å². The third-order valence-electron chi connectivity index (χ3n) is 5.04. The minimum Gasteiger partial charge on any atom is -0.497 e. The first-order valence-electron chi connectivity index (χ1n) is 9.41. The molecule has 0 unspecified atom stereocenters. The van der Waals surface area contributed by atoms with Gasteiger partial charge in [-0.05, 0) is 42.0 Å². The van der Waals surface area contributed by atoms with Crippen LogP contribution in [-0.4, -0.2) is 39.4 Å². The van der Waals surface area contributed by atoms with Crippen LogP contribution in [0.15, 0.2) is 53.1 Å². The van der Waals surface area contributed by atoms with Gasteiger partial charge in [0, 0.05) is 5.56 Å². The van der Waals surface area contributed by atoms with E-state index in [9.17, 15) is 0 Å². The summed E-state index contributed by atoms with van der Waals surface area (Å²) < 4.78 is 23.8. The number of hydrogen-bond acceptors (Lipinski definition) is 8. The minimum atomic E-state index is -0.139. The van der Waals surface area contributed by atoms with E-state index in [1.165, 1.54) is 0 Å². The van der Waals surface area contributed by atoms with Crippen molar-refractivity contribution < 1.29 is 18.7 Å². The van der Waals surface area contributed by atoms with Crippen LogP contribution >= 0.6 is 0 Å². The molecule has 1 aliphatic heterocycles. The van der Waals surface area contributed by atoms with Crippen LogP contribution in [0.5, 0.6) is 11.5 Å². The molecule has 1 aliphatic rings. The fourth-order valence-corrected chi connectivity index (χ4v) is 3.40. The first-order valence-corrected chi connectivity index (χ1v) is 9.41. The Morgan fingerprint density at radius 2 is 1.87 bits per heavy atom. The zero-order chi connectivity index (χ0) is 20.5. The SMILES string of the molecule is COc1ccc(-c2noc(-c3nnn4c3CO[C@H](c3cccc(OC)c3)C4)n2)cc1. The van der Waals surface area contributed by atoms with Crippen molar-refractivity contribution in [2.24, 2.45) is 0 Å². The van der Waals surface area contributed by atoms with E-state index in [4.69, 9.17) is 18.7 Å². The van der Waals surface area contributed by atoms with Crippen molar-refractivity contribution >= 4 is 0 Å². The Balaban J connectivity index is 1.38. The van der Waals surface area contributed by atoms with E-state index in [0.717, 1.165) is 28.3 Å². The number of rotatable bonds is 5. The van der Waals surface area contributed by atoms with Crippen LogP contribution in [0.3, 0.4) is 0 Å². The lowest BCUT2D eigenvalue weighted by Gasteiger charge is -2.24. The number of ether oxygens (including phenoxy) is 3. The molecule has 0 saturated heterocycles. The largest absolute Gasteiger partial charge is 0.497 e. The second-order valence-electron chi connectivity index (χ2n) is 6.79. The summed E-state index contributed by atoms with van der Waals surface area (Å²) in [4.78, 5) is 4.48. The molecule has 0 radical (unpaired) electrons. The molecule has 0 fully saturated rings. The van der Waals surface area contributed by atoms with Gasteiger partial charge in [0.05, 0.1) is 33.1 Å². The second-order valence-corrected chi connectivity index (χ2v) is 6.79. The Labute approximate surface area is 172 Å². The summed E-state index contributed by atoms with van der Waals surface area (Å²) >= 11 is 0. The molecule has 3 heterocycles. The van der Waals surface area contributed by atoms with Gasteiger partial charge in [-0.15, -0.1) is 5.10 Å². The van der Waals surface area contributed by atoms with Crippen LogP contribution in [0.25, 0.3) is 23.0 Å². The highest BCUT2D eigenvalue weighted by atomic mass is 16.5. The standard InChI is InChI=1S/C21H19N5O4/c1-27-15-8-6-13(7-9-15)20-22-21(30-24-20)19-17-12-29-18(11-26(17)25-23-19)14-4-3-5-16(10-14)28-2/h3-10,18H,11-12H2,1-2H3/t18-/m0/s1. The lowest BCUT2D eigenvalue weighted by Crippen LogP contribution is -2.22. The maximum absolute atomic E-state index is 6.07. The van der Waals surface area contributed by atoms with Crippen LogP contribution in [0.1, 0.15) is 17.4 Å². The summed E-state index contributed by atoms with van der Waals surface area (Å²) in [6.45, 7) is 0.874. The quantitative estimate of drug-likeness (QED) is 0.499. The van der Waals surface area contributed by atoms with Gasteiger partial charge in [-0.2, -0.15) is 4.98 Å². The molecule has 152 valence electrons. The van der Waals surface area contributed by atoms with Crippen molar-refractivity contribution in [1.82, 2.24) is 25.1 Å². The van der Waals surface area contributed by atoms with Gasteiger partial charge < -0.3 is 18.7 Å². The number of nitrogens with zero attached hydrogens (tertiary/aromatic N) is 5. The third kappa shape index (κ3) is 3.29. The normalized spacial score (nSPS) is 15.6. The predicted octanol–water partition coefficient (Wildman–Crippen LogP) is 3.28. The molecule has 30 heavy (non-hydrogen) atoms. The molecule has 2 aromatic heterocycles. The van der Waals surface area contributed by atoms with Gasteiger partial charge in [0.1, 0.15) is 17.6 Å². The van der Waals surface area contributed by atoms with Crippen molar-refractivity contribution in [2.45, 2.75) is 19.3 Å². The molecule has 2 aromatic carbocycles. The molecular formula is C21H19N5O4. The number of methoxy groups -OCH3 is 2. The summed E-state index contributed by atoms with van der Waals surface area (Å²) in [7, 11) is 3.27. The molecule has 9 nitrogen and oxygen atoms in total. The van der Waals surface area contributed by atoms with E-state index in [2.05, 4.69) is 20.5 Å². The van der Waals surface area contributed by atoms with Crippen molar-refractivity contribution in [3.8, 4) is 34.5 Å². The fraction of sp³-hybridized carbons (Fsp3) is 0.238. The Morgan fingerprint density at radius 1 is 1.03 bits per heavy atom. The summed E-state index contributed by atoms with van der Waals surface area (Å²) in [5.74, 6) is 2.33. The zero-order valence-corrected chi connectivity index (χ0v) is 16.5. The van der Waals surface area contributed by atoms with E-state index in [0.29, 0.717) is 30.6 Å². The molecule has 0 saturated carbocycles. The van der Waals surface area contributed by atoms with Gasteiger partial charge >= 0.3 is 0 Å². The number of aromatic nitrogens is 5. The van der Waals surface area contributed by atoms with Gasteiger partial charge in [-0.1, -0.05) is 22.5 Å². The van der Waals surface area contributed by atoms with E-state index >= 15 is 0 Å². The fourth-order valence-electron chi connectivity index (χ4n) is 3.40. The van der Waals surface area contributed by atoms with Gasteiger partial charge in [0.2, 0.25) is 5.82 Å². The Hall–Kier alpha value is -3.72. The Kier molecular flexibility index (Phi) is 4.64. The highest BCUT2D eigenvalue weighted by Gasteiger charge is 2.28. The highest BCUT2D eigenvalue weighted by Crippen LogP contribution is 2.32. The average Bonchev–Trinajstić information content (AvgIpc) is 3.46. The van der Waals surface area contributed by atoms with Gasteiger partial charge in [0.15, 0.2) is 5.69 Å². The molecule has 4 aromatic rings. The summed E-state index contributed by atoms with van der Waals surface area (Å²) in [5, 5.41) is 12.6. The summed E-state index contributed by atoms with van der Waals surface area (Å²) in [5.41, 5.74) is 3.18. The molecule has 0 N–H and O–H groups in total. The first-order chi connectivity index (χ1) is 14.7. The van der Waals surface area contributed by atoms with E-state index < -0.39 is 0 Å². The van der Waals surface area contributed by atoms with Crippen molar-refractivity contribution in [2.75, 3.05) is 14.2 Å². The monoisotopic (exact) mass is 405 g/mol. The third-order valence-corrected chi connectivity index (χ3v) is 5.04. The lowest BCUT2D eigenvalue weighted by molar-refractivity contribution is -0.00127. The van der Waals surface area contributed by atoms with Crippen molar-refractivity contribution in [3.63, 3.8) is 0 Å². The van der Waals surface area contributed by atoms with Gasteiger partial charge in [0.25, 0.3) is 5.89 Å². The van der Waals surface area contributed by atoms with Crippen LogP contribution in [0, 0.1) is 0 Å². The maximum Gasteiger partial charge on any atom is 0.280 e. The lowest BCUT2D eigenvalue weighted by atomic mass is 10.1. The average molecular weight is 405 g/mol. The molecule has 1 atom stereocenters. The minimum absolute atomic E-state index is 0.139. The van der Waals surface area contributed by atoms with Crippen LogP contribution < -0.4 is 9.47 Å². The van der Waals surface area contributed by atoms with Crippen molar-refractivity contribution in [1.29, 1.82) is 0 Å². The molecule has 0 aliphatic carbocycles. The number of hydrogen-bond donors (Lipinski definition) is 0. The Morgan fingerprint density at radius 3 is 2.67 bits per heavy atom. The van der Waals surface area contributed by atoms with Crippen molar-refractivity contribution in [3.05, 3.63) is 59.8 Å². The molecule has 0 spiro atoms. The second kappa shape index (κ2) is 7.60. The van der Waals surface area contributed by atoms with Crippen LogP contribution in [0.4, 0.5) is 0 Å². The topological polar surface area (TPSA) is 97.3 Å². The molecule has 0 amide bonds. The van der Waals surface area contributed by atoms with E-state index in [1.54, 1.807) is 14.2 Å². The summed E-state index contributed by atoms with van der Waals surface area (Å²) in [6, 6.07) is 15.3. The smallest absolute Gasteiger partial charge is 0.280 e. The van der Waals surface area contributed by atoms with Gasteiger partial charge in [-0.3, -0.25) is 0 Å². The predicted molar refractivity (Wildman–Crippen MR) is 106 cm³/mol. The zero-order valence-electron chi connectivity index (χ0n) is 16.5. The maximum atomic E-state index is 6.07. The van der Waals surface area contributed by atoms with Crippen LogP contribution in [0.2, 0.25) is 0 Å². The molecule has 9 heteroatoms. The number of fused-ring (bicyclic) bond motifs is 1. The Bertz CT molecular complexity index is 1170.